The molecule has 1 atom stereocenters. The molecular formula is C14H18N4O2. The maximum Gasteiger partial charge on any atom is 0.253 e. The van der Waals surface area contributed by atoms with Crippen LogP contribution in [0.1, 0.15) is 28.7 Å². The van der Waals surface area contributed by atoms with Gasteiger partial charge >= 0.3 is 0 Å². The molecule has 0 saturated heterocycles. The lowest BCUT2D eigenvalue weighted by molar-refractivity contribution is 0.0922. The van der Waals surface area contributed by atoms with Crippen LogP contribution in [0.3, 0.4) is 0 Å². The predicted octanol–water partition coefficient (Wildman–Crippen LogP) is 0.995. The summed E-state index contributed by atoms with van der Waals surface area (Å²) in [6.07, 6.45) is 1.51. The van der Waals surface area contributed by atoms with Crippen LogP contribution >= 0.6 is 0 Å². The van der Waals surface area contributed by atoms with Gasteiger partial charge in [0, 0.05) is 17.9 Å². The molecule has 0 aliphatic heterocycles. The monoisotopic (exact) mass is 274 g/mol. The summed E-state index contributed by atoms with van der Waals surface area (Å²) in [5.74, 6) is 0.418. The van der Waals surface area contributed by atoms with E-state index >= 15 is 0 Å². The van der Waals surface area contributed by atoms with Crippen LogP contribution in [0.15, 0.2) is 24.4 Å². The van der Waals surface area contributed by atoms with Crippen LogP contribution in [0.2, 0.25) is 0 Å². The third kappa shape index (κ3) is 3.03. The Morgan fingerprint density at radius 1 is 1.45 bits per heavy atom. The molecule has 0 aromatic carbocycles. The Labute approximate surface area is 117 Å². The quantitative estimate of drug-likeness (QED) is 0.871. The first-order chi connectivity index (χ1) is 9.51. The highest BCUT2D eigenvalue weighted by molar-refractivity contribution is 5.94. The van der Waals surface area contributed by atoms with Crippen LogP contribution in [-0.4, -0.2) is 38.4 Å². The van der Waals surface area contributed by atoms with Crippen LogP contribution in [0, 0.1) is 13.8 Å². The van der Waals surface area contributed by atoms with E-state index in [2.05, 4.69) is 15.4 Å². The summed E-state index contributed by atoms with van der Waals surface area (Å²) in [6, 6.07) is 5.12. The van der Waals surface area contributed by atoms with Crippen LogP contribution in [-0.2, 0) is 0 Å². The van der Waals surface area contributed by atoms with Gasteiger partial charge < -0.3 is 10.4 Å². The summed E-state index contributed by atoms with van der Waals surface area (Å²) in [5, 5.41) is 15.9. The minimum absolute atomic E-state index is 0.0942. The third-order valence-corrected chi connectivity index (χ3v) is 2.89. The molecule has 2 N–H and O–H groups in total. The maximum atomic E-state index is 11.8. The molecule has 1 amide bonds. The van der Waals surface area contributed by atoms with Gasteiger partial charge in [0.25, 0.3) is 5.91 Å². The predicted molar refractivity (Wildman–Crippen MR) is 74.8 cm³/mol. The van der Waals surface area contributed by atoms with Gasteiger partial charge in [-0.1, -0.05) is 0 Å². The van der Waals surface area contributed by atoms with E-state index in [4.69, 9.17) is 5.11 Å². The fourth-order valence-electron chi connectivity index (χ4n) is 1.86. The molecule has 0 aliphatic rings. The molecule has 0 saturated carbocycles. The summed E-state index contributed by atoms with van der Waals surface area (Å²) >= 11 is 0. The van der Waals surface area contributed by atoms with E-state index in [9.17, 15) is 4.79 Å². The van der Waals surface area contributed by atoms with Gasteiger partial charge in [-0.05, 0) is 39.0 Å². The average Bonchev–Trinajstić information content (AvgIpc) is 2.77. The molecule has 106 valence electrons. The Morgan fingerprint density at radius 3 is 2.70 bits per heavy atom. The van der Waals surface area contributed by atoms with Crippen LogP contribution in [0.4, 0.5) is 0 Å². The number of aryl methyl sites for hydroxylation is 2. The first kappa shape index (κ1) is 14.2. The van der Waals surface area contributed by atoms with E-state index in [0.717, 1.165) is 11.4 Å². The van der Waals surface area contributed by atoms with Crippen molar-refractivity contribution < 1.29 is 9.90 Å². The van der Waals surface area contributed by atoms with E-state index in [1.165, 1.54) is 6.20 Å². The highest BCUT2D eigenvalue weighted by atomic mass is 16.3. The normalized spacial score (nSPS) is 12.2. The lowest BCUT2D eigenvalue weighted by atomic mass is 10.2. The molecular weight excluding hydrogens is 256 g/mol. The summed E-state index contributed by atoms with van der Waals surface area (Å²) in [4.78, 5) is 16.1. The van der Waals surface area contributed by atoms with Crippen molar-refractivity contribution in [2.75, 3.05) is 6.61 Å². The SMILES string of the molecule is Cc1cc(C)n(-c2ccc(C(=O)NC(C)CO)cn2)n1. The number of nitrogens with zero attached hydrogens (tertiary/aromatic N) is 3. The first-order valence-corrected chi connectivity index (χ1v) is 6.42. The smallest absolute Gasteiger partial charge is 0.253 e. The molecule has 0 radical (unpaired) electrons. The van der Waals surface area contributed by atoms with Gasteiger partial charge in [-0.25, -0.2) is 9.67 Å². The van der Waals surface area contributed by atoms with Gasteiger partial charge in [0.1, 0.15) is 0 Å². The van der Waals surface area contributed by atoms with E-state index in [-0.39, 0.29) is 18.6 Å². The van der Waals surface area contributed by atoms with Crippen molar-refractivity contribution in [3.05, 3.63) is 41.3 Å². The molecule has 2 rings (SSSR count). The van der Waals surface area contributed by atoms with Crippen molar-refractivity contribution in [3.63, 3.8) is 0 Å². The fraction of sp³-hybridized carbons (Fsp3) is 0.357. The summed E-state index contributed by atoms with van der Waals surface area (Å²) in [5.41, 5.74) is 2.36. The summed E-state index contributed by atoms with van der Waals surface area (Å²) in [6.45, 7) is 5.51. The van der Waals surface area contributed by atoms with Gasteiger partial charge in [0.05, 0.1) is 17.9 Å². The molecule has 1 unspecified atom stereocenters. The van der Waals surface area contributed by atoms with E-state index in [1.54, 1.807) is 23.7 Å². The Hall–Kier alpha value is -2.21. The van der Waals surface area contributed by atoms with E-state index in [1.807, 2.05) is 19.9 Å². The van der Waals surface area contributed by atoms with Gasteiger partial charge in [0.2, 0.25) is 0 Å². The van der Waals surface area contributed by atoms with Gasteiger partial charge in [-0.2, -0.15) is 5.10 Å². The molecule has 2 aromatic rings. The van der Waals surface area contributed by atoms with Crippen LogP contribution < -0.4 is 5.32 Å². The second-order valence-electron chi connectivity index (χ2n) is 4.80. The Morgan fingerprint density at radius 2 is 2.20 bits per heavy atom. The number of carbonyl (C=O) groups is 1. The van der Waals surface area contributed by atoms with Crippen molar-refractivity contribution in [1.82, 2.24) is 20.1 Å². The molecule has 20 heavy (non-hydrogen) atoms. The number of hydrogen-bond acceptors (Lipinski definition) is 4. The number of rotatable bonds is 4. The molecule has 0 spiro atoms. The zero-order valence-electron chi connectivity index (χ0n) is 11.8. The van der Waals surface area contributed by atoms with Gasteiger partial charge in [-0.15, -0.1) is 0 Å². The molecule has 2 heterocycles. The van der Waals surface area contributed by atoms with Crippen molar-refractivity contribution in [2.45, 2.75) is 26.8 Å². The van der Waals surface area contributed by atoms with Crippen LogP contribution in [0.25, 0.3) is 5.82 Å². The maximum absolute atomic E-state index is 11.8. The average molecular weight is 274 g/mol. The Balaban J connectivity index is 2.18. The number of hydrogen-bond donors (Lipinski definition) is 2. The Bertz CT molecular complexity index is 604. The number of aromatic nitrogens is 3. The minimum atomic E-state index is -0.279. The highest BCUT2D eigenvalue weighted by Crippen LogP contribution is 2.10. The van der Waals surface area contributed by atoms with Gasteiger partial charge in [0.15, 0.2) is 5.82 Å². The van der Waals surface area contributed by atoms with Crippen molar-refractivity contribution in [3.8, 4) is 5.82 Å². The topological polar surface area (TPSA) is 80.0 Å². The lowest BCUT2D eigenvalue weighted by Gasteiger charge is -2.10. The lowest BCUT2D eigenvalue weighted by Crippen LogP contribution is -2.35. The second-order valence-corrected chi connectivity index (χ2v) is 4.80. The minimum Gasteiger partial charge on any atom is -0.394 e. The van der Waals surface area contributed by atoms with Crippen molar-refractivity contribution in [1.29, 1.82) is 0 Å². The van der Waals surface area contributed by atoms with E-state index < -0.39 is 0 Å². The van der Waals surface area contributed by atoms with E-state index in [0.29, 0.717) is 11.4 Å². The molecule has 2 aromatic heterocycles. The third-order valence-electron chi connectivity index (χ3n) is 2.89. The number of aliphatic hydroxyl groups is 1. The zero-order chi connectivity index (χ0) is 14.7. The standard InChI is InChI=1S/C14H18N4O2/c1-9-6-11(3)18(17-9)13-5-4-12(7-15-13)14(20)16-10(2)8-19/h4-7,10,19H,8H2,1-3H3,(H,16,20). The molecule has 0 aliphatic carbocycles. The largest absolute Gasteiger partial charge is 0.394 e. The number of nitrogens with one attached hydrogen (secondary N) is 1. The highest BCUT2D eigenvalue weighted by Gasteiger charge is 2.10. The number of carbonyl (C=O) groups excluding carboxylic acids is 1. The van der Waals surface area contributed by atoms with Crippen molar-refractivity contribution >= 4 is 5.91 Å². The zero-order valence-corrected chi connectivity index (χ0v) is 11.8. The fourth-order valence-corrected chi connectivity index (χ4v) is 1.86. The van der Waals surface area contributed by atoms with Gasteiger partial charge in [-0.3, -0.25) is 4.79 Å². The summed E-state index contributed by atoms with van der Waals surface area (Å²) < 4.78 is 1.73. The molecule has 0 bridgehead atoms. The number of pyridine rings is 1. The van der Waals surface area contributed by atoms with Crippen molar-refractivity contribution in [2.24, 2.45) is 0 Å². The molecule has 0 fully saturated rings. The molecule has 6 nitrogen and oxygen atoms in total. The summed E-state index contributed by atoms with van der Waals surface area (Å²) in [7, 11) is 0. The first-order valence-electron chi connectivity index (χ1n) is 6.42. The number of amides is 1. The Kier molecular flexibility index (Phi) is 4.14. The number of aliphatic hydroxyl groups excluding tert-OH is 1. The van der Waals surface area contributed by atoms with Crippen LogP contribution in [0.5, 0.6) is 0 Å². The molecule has 6 heteroatoms. The second kappa shape index (κ2) is 5.83.